The lowest BCUT2D eigenvalue weighted by molar-refractivity contribution is -0.127. The zero-order valence-corrected chi connectivity index (χ0v) is 14.8. The van der Waals surface area contributed by atoms with Crippen molar-refractivity contribution in [2.45, 2.75) is 44.8 Å². The van der Waals surface area contributed by atoms with Crippen LogP contribution in [0, 0.1) is 0 Å². The Hall–Kier alpha value is -2.73. The highest BCUT2D eigenvalue weighted by molar-refractivity contribution is 5.93. The molecule has 1 saturated carbocycles. The number of anilines is 1. The highest BCUT2D eigenvalue weighted by Crippen LogP contribution is 2.35. The highest BCUT2D eigenvalue weighted by Gasteiger charge is 2.24. The molecule has 1 aliphatic carbocycles. The molecule has 1 aromatic carbocycles. The second-order valence-electron chi connectivity index (χ2n) is 6.76. The van der Waals surface area contributed by atoms with E-state index in [4.69, 9.17) is 4.74 Å². The van der Waals surface area contributed by atoms with Crippen molar-refractivity contribution < 1.29 is 9.53 Å². The quantitative estimate of drug-likeness (QED) is 0.738. The van der Waals surface area contributed by atoms with E-state index in [9.17, 15) is 4.79 Å². The Kier molecular flexibility index (Phi) is 4.67. The van der Waals surface area contributed by atoms with Gasteiger partial charge in [0.25, 0.3) is 5.91 Å². The second kappa shape index (κ2) is 7.25. The van der Waals surface area contributed by atoms with E-state index in [2.05, 4.69) is 15.5 Å². The van der Waals surface area contributed by atoms with E-state index < -0.39 is 6.10 Å². The maximum Gasteiger partial charge on any atom is 0.253 e. The van der Waals surface area contributed by atoms with E-state index >= 15 is 0 Å². The molecular weight excluding hydrogens is 328 g/mol. The number of nitrogens with one attached hydrogen (secondary N) is 1. The smallest absolute Gasteiger partial charge is 0.253 e. The topological polar surface area (TPSA) is 68.5 Å². The van der Waals surface area contributed by atoms with Crippen molar-refractivity contribution in [3.8, 4) is 0 Å². The average molecular weight is 350 g/mol. The fourth-order valence-corrected chi connectivity index (χ4v) is 3.04. The number of hydrogen-bond donors (Lipinski definition) is 1. The fraction of sp³-hybridized carbons (Fsp3) is 0.350. The third-order valence-corrected chi connectivity index (χ3v) is 4.88. The number of rotatable bonds is 6. The van der Waals surface area contributed by atoms with Gasteiger partial charge in [-0.15, -0.1) is 10.2 Å². The number of fused-ring (bicyclic) bond motifs is 1. The van der Waals surface area contributed by atoms with E-state index in [0.717, 1.165) is 35.6 Å². The van der Waals surface area contributed by atoms with Crippen LogP contribution < -0.4 is 5.32 Å². The van der Waals surface area contributed by atoms with E-state index in [1.165, 1.54) is 6.42 Å². The Morgan fingerprint density at radius 2 is 2.04 bits per heavy atom. The van der Waals surface area contributed by atoms with Crippen LogP contribution in [0.25, 0.3) is 5.65 Å². The number of benzene rings is 1. The van der Waals surface area contributed by atoms with Crippen LogP contribution in [0.3, 0.4) is 0 Å². The lowest BCUT2D eigenvalue weighted by Gasteiger charge is -2.23. The first-order valence-electron chi connectivity index (χ1n) is 9.02. The molecule has 0 spiro atoms. The molecular formula is C20H22N4O2. The van der Waals surface area contributed by atoms with Crippen molar-refractivity contribution in [2.24, 2.45) is 0 Å². The Labute approximate surface area is 152 Å². The molecule has 0 radical (unpaired) electrons. The van der Waals surface area contributed by atoms with Crippen LogP contribution in [-0.4, -0.2) is 26.6 Å². The van der Waals surface area contributed by atoms with Crippen molar-refractivity contribution in [1.29, 1.82) is 0 Å². The summed E-state index contributed by atoms with van der Waals surface area (Å²) in [5, 5.41) is 11.4. The van der Waals surface area contributed by atoms with Crippen molar-refractivity contribution in [1.82, 2.24) is 14.6 Å². The van der Waals surface area contributed by atoms with E-state index in [-0.39, 0.29) is 5.91 Å². The molecule has 1 aliphatic rings. The number of ether oxygens (including phenoxy) is 1. The first-order chi connectivity index (χ1) is 12.7. The first-order valence-corrected chi connectivity index (χ1v) is 9.02. The van der Waals surface area contributed by atoms with Gasteiger partial charge in [-0.3, -0.25) is 9.20 Å². The van der Waals surface area contributed by atoms with E-state index in [1.54, 1.807) is 6.92 Å². The third kappa shape index (κ3) is 3.46. The van der Waals surface area contributed by atoms with Gasteiger partial charge in [-0.05, 0) is 37.5 Å². The van der Waals surface area contributed by atoms with Crippen LogP contribution in [0.15, 0.2) is 48.7 Å². The van der Waals surface area contributed by atoms with Crippen LogP contribution in [0.4, 0.5) is 5.69 Å². The lowest BCUT2D eigenvalue weighted by Crippen LogP contribution is -2.27. The molecule has 2 heterocycles. The average Bonchev–Trinajstić information content (AvgIpc) is 3.02. The number of carbonyl (C=O) groups excluding carboxylic acids is 1. The summed E-state index contributed by atoms with van der Waals surface area (Å²) in [5.41, 5.74) is 2.57. The second-order valence-corrected chi connectivity index (χ2v) is 6.76. The molecule has 1 atom stereocenters. The molecule has 1 amide bonds. The minimum atomic E-state index is -0.544. The summed E-state index contributed by atoms with van der Waals surface area (Å²) in [4.78, 5) is 12.4. The maximum atomic E-state index is 12.4. The Bertz CT molecular complexity index is 903. The Morgan fingerprint density at radius 3 is 2.77 bits per heavy atom. The van der Waals surface area contributed by atoms with Crippen LogP contribution >= 0.6 is 0 Å². The number of hydrogen-bond acceptors (Lipinski definition) is 4. The largest absolute Gasteiger partial charge is 0.364 e. The minimum absolute atomic E-state index is 0.168. The molecule has 3 aromatic rings. The van der Waals surface area contributed by atoms with Crippen molar-refractivity contribution in [2.75, 3.05) is 5.32 Å². The molecule has 134 valence electrons. The van der Waals surface area contributed by atoms with E-state index in [1.807, 2.05) is 53.1 Å². The maximum absolute atomic E-state index is 12.4. The van der Waals surface area contributed by atoms with Gasteiger partial charge in [-0.1, -0.05) is 36.8 Å². The summed E-state index contributed by atoms with van der Waals surface area (Å²) in [6, 6.07) is 13.5. The van der Waals surface area contributed by atoms with Crippen LogP contribution in [0.5, 0.6) is 0 Å². The molecule has 2 aromatic heterocycles. The summed E-state index contributed by atoms with van der Waals surface area (Å²) < 4.78 is 7.66. The number of carbonyl (C=O) groups is 1. The van der Waals surface area contributed by atoms with Crippen molar-refractivity contribution >= 4 is 17.2 Å². The monoisotopic (exact) mass is 350 g/mol. The summed E-state index contributed by atoms with van der Waals surface area (Å²) in [5.74, 6) is 1.29. The van der Waals surface area contributed by atoms with Crippen LogP contribution in [-0.2, 0) is 16.1 Å². The molecule has 0 bridgehead atoms. The molecule has 0 aliphatic heterocycles. The Balaban J connectivity index is 1.41. The minimum Gasteiger partial charge on any atom is -0.364 e. The standard InChI is InChI=1S/C20H22N4O2/c1-14(26-13-15-6-3-2-4-7-15)20(25)21-17-10-11-18-22-23-19(24(18)12-17)16-8-5-9-16/h2-4,6-7,10-12,14,16H,5,8-9,13H2,1H3,(H,21,25)/t14-/m0/s1. The zero-order valence-electron chi connectivity index (χ0n) is 14.8. The van der Waals surface area contributed by atoms with Crippen LogP contribution in [0.1, 0.15) is 43.5 Å². The predicted octanol–water partition coefficient (Wildman–Crippen LogP) is 3.54. The first kappa shape index (κ1) is 16.7. The Morgan fingerprint density at radius 1 is 1.23 bits per heavy atom. The van der Waals surface area contributed by atoms with Gasteiger partial charge in [0.1, 0.15) is 11.9 Å². The predicted molar refractivity (Wildman–Crippen MR) is 98.9 cm³/mol. The normalized spacial score (nSPS) is 15.6. The molecule has 4 rings (SSSR count). The fourth-order valence-electron chi connectivity index (χ4n) is 3.04. The number of pyridine rings is 1. The molecule has 6 heteroatoms. The summed E-state index contributed by atoms with van der Waals surface area (Å²) >= 11 is 0. The van der Waals surface area contributed by atoms with Gasteiger partial charge in [-0.2, -0.15) is 0 Å². The van der Waals surface area contributed by atoms with Gasteiger partial charge >= 0.3 is 0 Å². The molecule has 6 nitrogen and oxygen atoms in total. The highest BCUT2D eigenvalue weighted by atomic mass is 16.5. The molecule has 0 saturated heterocycles. The number of aromatic nitrogens is 3. The molecule has 26 heavy (non-hydrogen) atoms. The van der Waals surface area contributed by atoms with Gasteiger partial charge < -0.3 is 10.1 Å². The van der Waals surface area contributed by atoms with Crippen molar-refractivity contribution in [3.05, 3.63) is 60.0 Å². The third-order valence-electron chi connectivity index (χ3n) is 4.88. The molecule has 1 fully saturated rings. The van der Waals surface area contributed by atoms with Gasteiger partial charge in [0.05, 0.1) is 12.3 Å². The van der Waals surface area contributed by atoms with Crippen molar-refractivity contribution in [3.63, 3.8) is 0 Å². The van der Waals surface area contributed by atoms with Gasteiger partial charge in [0, 0.05) is 12.1 Å². The lowest BCUT2D eigenvalue weighted by atomic mass is 9.85. The van der Waals surface area contributed by atoms with E-state index in [0.29, 0.717) is 12.5 Å². The van der Waals surface area contributed by atoms with Gasteiger partial charge in [0.15, 0.2) is 5.65 Å². The van der Waals surface area contributed by atoms with Crippen LogP contribution in [0.2, 0.25) is 0 Å². The number of amides is 1. The summed E-state index contributed by atoms with van der Waals surface area (Å²) in [6.45, 7) is 2.17. The molecule has 0 unspecified atom stereocenters. The SMILES string of the molecule is C[C@H](OCc1ccccc1)C(=O)Nc1ccc2nnc(C3CCC3)n2c1. The molecule has 1 N–H and O–H groups in total. The van der Waals surface area contributed by atoms with Gasteiger partial charge in [-0.25, -0.2) is 0 Å². The number of nitrogens with zero attached hydrogens (tertiary/aromatic N) is 3. The summed E-state index contributed by atoms with van der Waals surface area (Å²) in [7, 11) is 0. The zero-order chi connectivity index (χ0) is 17.9. The van der Waals surface area contributed by atoms with Gasteiger partial charge in [0.2, 0.25) is 0 Å². The summed E-state index contributed by atoms with van der Waals surface area (Å²) in [6.07, 6.45) is 4.90.